The summed E-state index contributed by atoms with van der Waals surface area (Å²) in [6, 6.07) is 6.77. The molecule has 0 radical (unpaired) electrons. The van der Waals surface area contributed by atoms with Gasteiger partial charge in [-0.2, -0.15) is 0 Å². The van der Waals surface area contributed by atoms with E-state index >= 15 is 0 Å². The van der Waals surface area contributed by atoms with Crippen molar-refractivity contribution in [3.63, 3.8) is 0 Å². The molecule has 1 aromatic rings. The Kier molecular flexibility index (Phi) is 6.28. The Morgan fingerprint density at radius 3 is 2.32 bits per heavy atom. The largest absolute Gasteiger partial charge is 0.372 e. The maximum Gasteiger partial charge on any atom is 0.233 e. The molecule has 4 heteroatoms. The van der Waals surface area contributed by atoms with Crippen LogP contribution >= 0.6 is 0 Å². The number of piperidine rings is 2. The quantitative estimate of drug-likeness (QED) is 0.650. The highest BCUT2D eigenvalue weighted by Crippen LogP contribution is 2.43. The van der Waals surface area contributed by atoms with E-state index in [0.29, 0.717) is 5.91 Å². The number of carbonyl (C=O) groups excluding carboxylic acids is 1. The van der Waals surface area contributed by atoms with Crippen molar-refractivity contribution in [2.45, 2.75) is 77.6 Å². The van der Waals surface area contributed by atoms with E-state index in [1.807, 2.05) is 0 Å². The SMILES string of the molecule is Cc1cc(N2CCCC2)ccc1N1CCCC2(CCN(CC3CCCCC3)CC2)C1=O. The standard InChI is InChI=1S/C27H41N3O/c1-22-20-24(29-15-5-6-16-29)10-11-25(22)30-17-7-12-27(26(30)31)13-18-28(19-14-27)21-23-8-3-2-4-9-23/h10-11,20,23H,2-9,12-19,21H2,1H3. The summed E-state index contributed by atoms with van der Waals surface area (Å²) in [6.07, 6.45) is 14.0. The van der Waals surface area contributed by atoms with Gasteiger partial charge in [-0.15, -0.1) is 0 Å². The zero-order valence-electron chi connectivity index (χ0n) is 19.6. The summed E-state index contributed by atoms with van der Waals surface area (Å²) in [5.41, 5.74) is 3.62. The molecule has 4 aliphatic rings. The van der Waals surface area contributed by atoms with Crippen LogP contribution in [0.4, 0.5) is 11.4 Å². The van der Waals surface area contributed by atoms with Gasteiger partial charge in [0.05, 0.1) is 5.41 Å². The van der Waals surface area contributed by atoms with Gasteiger partial charge in [0.2, 0.25) is 5.91 Å². The summed E-state index contributed by atoms with van der Waals surface area (Å²) < 4.78 is 0. The number of hydrogen-bond donors (Lipinski definition) is 0. The van der Waals surface area contributed by atoms with Gasteiger partial charge in [0.1, 0.15) is 0 Å². The van der Waals surface area contributed by atoms with Crippen molar-refractivity contribution in [2.24, 2.45) is 11.3 Å². The van der Waals surface area contributed by atoms with Crippen molar-refractivity contribution in [2.75, 3.05) is 49.1 Å². The molecule has 0 atom stereocenters. The van der Waals surface area contributed by atoms with Gasteiger partial charge in [-0.05, 0) is 101 Å². The first-order valence-electron chi connectivity index (χ1n) is 13.0. The van der Waals surface area contributed by atoms with Crippen LogP contribution in [0.25, 0.3) is 0 Å². The van der Waals surface area contributed by atoms with Gasteiger partial charge in [-0.3, -0.25) is 4.79 Å². The highest BCUT2D eigenvalue weighted by Gasteiger charge is 2.46. The molecule has 0 aromatic heterocycles. The molecule has 3 saturated heterocycles. The van der Waals surface area contributed by atoms with Crippen molar-refractivity contribution in [1.29, 1.82) is 0 Å². The number of nitrogens with zero attached hydrogens (tertiary/aromatic N) is 3. The summed E-state index contributed by atoms with van der Waals surface area (Å²) in [5, 5.41) is 0. The van der Waals surface area contributed by atoms with Crippen LogP contribution < -0.4 is 9.80 Å². The Balaban J connectivity index is 1.25. The van der Waals surface area contributed by atoms with Crippen LogP contribution in [0, 0.1) is 18.3 Å². The fourth-order valence-corrected chi connectivity index (χ4v) is 6.78. The molecule has 0 N–H and O–H groups in total. The third-order valence-corrected chi connectivity index (χ3v) is 8.73. The first-order chi connectivity index (χ1) is 15.1. The van der Waals surface area contributed by atoms with E-state index in [1.54, 1.807) is 0 Å². The lowest BCUT2D eigenvalue weighted by Crippen LogP contribution is -2.54. The van der Waals surface area contributed by atoms with Gasteiger partial charge in [0, 0.05) is 37.6 Å². The number of carbonyl (C=O) groups is 1. The minimum atomic E-state index is -0.110. The van der Waals surface area contributed by atoms with E-state index in [1.165, 1.54) is 75.8 Å². The van der Waals surface area contributed by atoms with Gasteiger partial charge in [0.25, 0.3) is 0 Å². The fraction of sp³-hybridized carbons (Fsp3) is 0.741. The highest BCUT2D eigenvalue weighted by atomic mass is 16.2. The predicted molar refractivity (Wildman–Crippen MR) is 129 cm³/mol. The van der Waals surface area contributed by atoms with Crippen LogP contribution in [0.5, 0.6) is 0 Å². The van der Waals surface area contributed by atoms with E-state index in [9.17, 15) is 4.79 Å². The first kappa shape index (κ1) is 21.3. The third-order valence-electron chi connectivity index (χ3n) is 8.73. The molecule has 0 unspecified atom stereocenters. The molecule has 3 aliphatic heterocycles. The highest BCUT2D eigenvalue weighted by molar-refractivity contribution is 5.99. The zero-order valence-corrected chi connectivity index (χ0v) is 19.6. The number of rotatable bonds is 4. The molecule has 1 aliphatic carbocycles. The van der Waals surface area contributed by atoms with Gasteiger partial charge >= 0.3 is 0 Å². The molecule has 170 valence electrons. The van der Waals surface area contributed by atoms with Gasteiger partial charge in [-0.25, -0.2) is 0 Å². The van der Waals surface area contributed by atoms with Gasteiger partial charge in [-0.1, -0.05) is 19.3 Å². The molecule has 1 amide bonds. The number of aryl methyl sites for hydroxylation is 1. The van der Waals surface area contributed by atoms with E-state index in [-0.39, 0.29) is 5.41 Å². The molecule has 4 fully saturated rings. The van der Waals surface area contributed by atoms with Crippen LogP contribution in [0.2, 0.25) is 0 Å². The van der Waals surface area contributed by atoms with Crippen LogP contribution in [-0.2, 0) is 4.79 Å². The molecule has 4 nitrogen and oxygen atoms in total. The molecule has 1 spiro atoms. The first-order valence-corrected chi connectivity index (χ1v) is 13.0. The molecular weight excluding hydrogens is 382 g/mol. The van der Waals surface area contributed by atoms with Crippen LogP contribution in [0.15, 0.2) is 18.2 Å². The third kappa shape index (κ3) is 4.37. The minimum Gasteiger partial charge on any atom is -0.372 e. The van der Waals surface area contributed by atoms with Gasteiger partial charge < -0.3 is 14.7 Å². The molecular formula is C27H41N3O. The maximum atomic E-state index is 13.8. The second-order valence-corrected chi connectivity index (χ2v) is 10.8. The fourth-order valence-electron chi connectivity index (χ4n) is 6.78. The summed E-state index contributed by atoms with van der Waals surface area (Å²) in [7, 11) is 0. The zero-order chi connectivity index (χ0) is 21.3. The molecule has 1 saturated carbocycles. The monoisotopic (exact) mass is 423 g/mol. The topological polar surface area (TPSA) is 26.8 Å². The Hall–Kier alpha value is -1.55. The van der Waals surface area contributed by atoms with Crippen molar-refractivity contribution in [3.05, 3.63) is 23.8 Å². The lowest BCUT2D eigenvalue weighted by molar-refractivity contribution is -0.133. The second kappa shape index (κ2) is 9.13. The Morgan fingerprint density at radius 2 is 1.61 bits per heavy atom. The Morgan fingerprint density at radius 1 is 0.871 bits per heavy atom. The normalized spacial score (nSPS) is 25.5. The lowest BCUT2D eigenvalue weighted by atomic mass is 9.71. The van der Waals surface area contributed by atoms with Crippen LogP contribution in [-0.4, -0.2) is 50.1 Å². The van der Waals surface area contributed by atoms with E-state index < -0.39 is 0 Å². The minimum absolute atomic E-state index is 0.110. The van der Waals surface area contributed by atoms with E-state index in [0.717, 1.165) is 56.9 Å². The maximum absolute atomic E-state index is 13.8. The van der Waals surface area contributed by atoms with Crippen molar-refractivity contribution < 1.29 is 4.79 Å². The number of anilines is 2. The second-order valence-electron chi connectivity index (χ2n) is 10.8. The van der Waals surface area contributed by atoms with E-state index in [4.69, 9.17) is 0 Å². The van der Waals surface area contributed by atoms with Crippen molar-refractivity contribution in [3.8, 4) is 0 Å². The number of benzene rings is 1. The van der Waals surface area contributed by atoms with Crippen molar-refractivity contribution in [1.82, 2.24) is 4.90 Å². The molecule has 31 heavy (non-hydrogen) atoms. The predicted octanol–water partition coefficient (Wildman–Crippen LogP) is 5.38. The van der Waals surface area contributed by atoms with Gasteiger partial charge in [0.15, 0.2) is 0 Å². The van der Waals surface area contributed by atoms with E-state index in [2.05, 4.69) is 39.8 Å². The number of amides is 1. The Bertz CT molecular complexity index is 771. The van der Waals surface area contributed by atoms with Crippen LogP contribution in [0.3, 0.4) is 0 Å². The summed E-state index contributed by atoms with van der Waals surface area (Å²) in [6.45, 7) is 8.91. The summed E-state index contributed by atoms with van der Waals surface area (Å²) in [5.74, 6) is 1.31. The Labute approximate surface area is 189 Å². The molecule has 5 rings (SSSR count). The smallest absolute Gasteiger partial charge is 0.233 e. The average Bonchev–Trinajstić information content (AvgIpc) is 3.33. The molecule has 1 aromatic carbocycles. The van der Waals surface area contributed by atoms with Crippen molar-refractivity contribution >= 4 is 17.3 Å². The number of likely N-dealkylation sites (tertiary alicyclic amines) is 1. The molecule has 3 heterocycles. The summed E-state index contributed by atoms with van der Waals surface area (Å²) >= 11 is 0. The molecule has 0 bridgehead atoms. The number of hydrogen-bond acceptors (Lipinski definition) is 3. The average molecular weight is 424 g/mol. The lowest BCUT2D eigenvalue weighted by Gasteiger charge is -2.47. The van der Waals surface area contributed by atoms with Crippen LogP contribution in [0.1, 0.15) is 76.2 Å². The summed E-state index contributed by atoms with van der Waals surface area (Å²) in [4.78, 5) is 21.1.